The van der Waals surface area contributed by atoms with Crippen LogP contribution in [0.15, 0.2) is 59.1 Å². The number of amides is 1. The van der Waals surface area contributed by atoms with Crippen LogP contribution in [0.1, 0.15) is 17.9 Å². The summed E-state index contributed by atoms with van der Waals surface area (Å²) in [5.41, 5.74) is 1.65. The van der Waals surface area contributed by atoms with E-state index >= 15 is 0 Å². The Morgan fingerprint density at radius 3 is 2.70 bits per heavy atom. The lowest BCUT2D eigenvalue weighted by Gasteiger charge is -2.17. The van der Waals surface area contributed by atoms with E-state index in [-0.39, 0.29) is 18.1 Å². The molecule has 27 heavy (non-hydrogen) atoms. The second kappa shape index (κ2) is 8.49. The standard InChI is InChI=1S/C21H21FN2O3/c1-24(14-15-8-9-18(26-2)17(22)12-15)21(25)11-10-20-23-13-19(27-20)16-6-4-3-5-7-16/h3-9,12-13H,10-11,14H2,1-2H3. The minimum atomic E-state index is -0.441. The molecule has 6 heteroatoms. The predicted octanol–water partition coefficient (Wildman–Crippen LogP) is 4.08. The fraction of sp³-hybridized carbons (Fsp3) is 0.238. The third-order valence-corrected chi connectivity index (χ3v) is 4.23. The first-order valence-corrected chi connectivity index (χ1v) is 8.63. The van der Waals surface area contributed by atoms with Gasteiger partial charge in [-0.05, 0) is 17.7 Å². The average Bonchev–Trinajstić information content (AvgIpc) is 3.16. The molecule has 0 aliphatic rings. The van der Waals surface area contributed by atoms with Crippen LogP contribution in [0.2, 0.25) is 0 Å². The van der Waals surface area contributed by atoms with Gasteiger partial charge >= 0.3 is 0 Å². The summed E-state index contributed by atoms with van der Waals surface area (Å²) in [4.78, 5) is 18.1. The summed E-state index contributed by atoms with van der Waals surface area (Å²) in [5, 5.41) is 0. The molecule has 140 valence electrons. The van der Waals surface area contributed by atoms with Crippen molar-refractivity contribution in [2.45, 2.75) is 19.4 Å². The van der Waals surface area contributed by atoms with Crippen molar-refractivity contribution in [2.24, 2.45) is 0 Å². The first kappa shape index (κ1) is 18.6. The van der Waals surface area contributed by atoms with Crippen LogP contribution in [0.4, 0.5) is 4.39 Å². The average molecular weight is 368 g/mol. The highest BCUT2D eigenvalue weighted by molar-refractivity contribution is 5.76. The quantitative estimate of drug-likeness (QED) is 0.631. The van der Waals surface area contributed by atoms with Crippen LogP contribution in [0.3, 0.4) is 0 Å². The maximum absolute atomic E-state index is 13.8. The van der Waals surface area contributed by atoms with Crippen LogP contribution in [0.5, 0.6) is 5.75 Å². The van der Waals surface area contributed by atoms with Gasteiger partial charge in [-0.3, -0.25) is 4.79 Å². The number of carbonyl (C=O) groups excluding carboxylic acids is 1. The number of methoxy groups -OCH3 is 1. The summed E-state index contributed by atoms with van der Waals surface area (Å²) < 4.78 is 24.4. The topological polar surface area (TPSA) is 55.6 Å². The van der Waals surface area contributed by atoms with Crippen LogP contribution in [-0.2, 0) is 17.8 Å². The lowest BCUT2D eigenvalue weighted by molar-refractivity contribution is -0.130. The highest BCUT2D eigenvalue weighted by Gasteiger charge is 2.13. The minimum absolute atomic E-state index is 0.0642. The van der Waals surface area contributed by atoms with E-state index in [1.54, 1.807) is 30.3 Å². The number of hydrogen-bond acceptors (Lipinski definition) is 4. The molecule has 0 radical (unpaired) electrons. The molecule has 3 rings (SSSR count). The number of ether oxygens (including phenoxy) is 1. The normalized spacial score (nSPS) is 10.6. The van der Waals surface area contributed by atoms with Crippen molar-refractivity contribution in [3.63, 3.8) is 0 Å². The number of benzene rings is 2. The summed E-state index contributed by atoms with van der Waals surface area (Å²) in [7, 11) is 3.11. The zero-order chi connectivity index (χ0) is 19.2. The van der Waals surface area contributed by atoms with Gasteiger partial charge in [0, 0.05) is 32.0 Å². The molecule has 0 saturated heterocycles. The molecule has 0 aliphatic heterocycles. The van der Waals surface area contributed by atoms with Crippen molar-refractivity contribution >= 4 is 5.91 Å². The maximum Gasteiger partial charge on any atom is 0.223 e. The number of hydrogen-bond donors (Lipinski definition) is 0. The van der Waals surface area contributed by atoms with Crippen molar-refractivity contribution in [1.82, 2.24) is 9.88 Å². The Kier molecular flexibility index (Phi) is 5.86. The van der Waals surface area contributed by atoms with Gasteiger partial charge in [-0.25, -0.2) is 9.37 Å². The molecule has 1 aromatic heterocycles. The van der Waals surface area contributed by atoms with Crippen LogP contribution in [0.25, 0.3) is 11.3 Å². The van der Waals surface area contributed by atoms with Gasteiger partial charge < -0.3 is 14.1 Å². The van der Waals surface area contributed by atoms with Crippen LogP contribution >= 0.6 is 0 Å². The van der Waals surface area contributed by atoms with Gasteiger partial charge in [0.05, 0.1) is 13.3 Å². The molecular formula is C21H21FN2O3. The summed E-state index contributed by atoms with van der Waals surface area (Å²) in [6, 6.07) is 14.4. The summed E-state index contributed by atoms with van der Waals surface area (Å²) >= 11 is 0. The van der Waals surface area contributed by atoms with Crippen molar-refractivity contribution in [1.29, 1.82) is 0 Å². The van der Waals surface area contributed by atoms with Gasteiger partial charge in [0.1, 0.15) is 0 Å². The number of aryl methyl sites for hydroxylation is 1. The predicted molar refractivity (Wildman–Crippen MR) is 99.7 cm³/mol. The molecular weight excluding hydrogens is 347 g/mol. The Balaban J connectivity index is 1.54. The lowest BCUT2D eigenvalue weighted by Crippen LogP contribution is -2.26. The monoisotopic (exact) mass is 368 g/mol. The lowest BCUT2D eigenvalue weighted by atomic mass is 10.2. The number of oxazole rings is 1. The zero-order valence-corrected chi connectivity index (χ0v) is 15.3. The van der Waals surface area contributed by atoms with Gasteiger partial charge in [-0.1, -0.05) is 36.4 Å². The highest BCUT2D eigenvalue weighted by Crippen LogP contribution is 2.21. The Bertz CT molecular complexity index is 909. The maximum atomic E-state index is 13.8. The van der Waals surface area contributed by atoms with E-state index in [1.807, 2.05) is 30.3 Å². The van der Waals surface area contributed by atoms with E-state index in [4.69, 9.17) is 9.15 Å². The fourth-order valence-corrected chi connectivity index (χ4v) is 2.74. The first-order valence-electron chi connectivity index (χ1n) is 8.63. The molecule has 0 bridgehead atoms. The Labute approximate surface area is 157 Å². The highest BCUT2D eigenvalue weighted by atomic mass is 19.1. The molecule has 2 aromatic carbocycles. The molecule has 1 amide bonds. The summed E-state index contributed by atoms with van der Waals surface area (Å²) in [6.07, 6.45) is 2.34. The Morgan fingerprint density at radius 1 is 1.22 bits per heavy atom. The largest absolute Gasteiger partial charge is 0.494 e. The van der Waals surface area contributed by atoms with E-state index in [0.29, 0.717) is 30.2 Å². The van der Waals surface area contributed by atoms with Crippen molar-refractivity contribution in [3.8, 4) is 17.1 Å². The molecule has 0 unspecified atom stereocenters. The Hall–Kier alpha value is -3.15. The first-order chi connectivity index (χ1) is 13.1. The Morgan fingerprint density at radius 2 is 2.00 bits per heavy atom. The molecule has 0 N–H and O–H groups in total. The zero-order valence-electron chi connectivity index (χ0n) is 15.3. The van der Waals surface area contributed by atoms with Crippen molar-refractivity contribution in [3.05, 3.63) is 72.0 Å². The molecule has 0 fully saturated rings. The van der Waals surface area contributed by atoms with Gasteiger partial charge in [-0.15, -0.1) is 0 Å². The second-order valence-corrected chi connectivity index (χ2v) is 6.20. The van der Waals surface area contributed by atoms with Gasteiger partial charge in [0.25, 0.3) is 0 Å². The smallest absolute Gasteiger partial charge is 0.223 e. The molecule has 1 heterocycles. The molecule has 3 aromatic rings. The number of aromatic nitrogens is 1. The molecule has 0 saturated carbocycles. The van der Waals surface area contributed by atoms with Gasteiger partial charge in [0.15, 0.2) is 23.2 Å². The third kappa shape index (κ3) is 4.73. The van der Waals surface area contributed by atoms with Crippen molar-refractivity contribution < 1.29 is 18.3 Å². The third-order valence-electron chi connectivity index (χ3n) is 4.23. The van der Waals surface area contributed by atoms with Gasteiger partial charge in [0.2, 0.25) is 5.91 Å². The second-order valence-electron chi connectivity index (χ2n) is 6.20. The number of carbonyl (C=O) groups is 1. The number of nitrogens with zero attached hydrogens (tertiary/aromatic N) is 2. The molecule has 5 nitrogen and oxygen atoms in total. The van der Waals surface area contributed by atoms with E-state index < -0.39 is 5.82 Å². The van der Waals surface area contributed by atoms with E-state index in [0.717, 1.165) is 5.56 Å². The van der Waals surface area contributed by atoms with E-state index in [1.165, 1.54) is 13.2 Å². The van der Waals surface area contributed by atoms with Crippen molar-refractivity contribution in [2.75, 3.05) is 14.2 Å². The summed E-state index contributed by atoms with van der Waals surface area (Å²) in [5.74, 6) is 0.881. The molecule has 0 spiro atoms. The SMILES string of the molecule is COc1ccc(CN(C)C(=O)CCc2ncc(-c3ccccc3)o2)cc1F. The summed E-state index contributed by atoms with van der Waals surface area (Å²) in [6.45, 7) is 0.320. The molecule has 0 atom stereocenters. The van der Waals surface area contributed by atoms with Gasteiger partial charge in [-0.2, -0.15) is 0 Å². The van der Waals surface area contributed by atoms with Crippen LogP contribution < -0.4 is 4.74 Å². The van der Waals surface area contributed by atoms with Crippen LogP contribution in [-0.4, -0.2) is 29.9 Å². The number of rotatable bonds is 7. The fourth-order valence-electron chi connectivity index (χ4n) is 2.74. The minimum Gasteiger partial charge on any atom is -0.494 e. The molecule has 0 aliphatic carbocycles. The number of halogens is 1. The van der Waals surface area contributed by atoms with E-state index in [9.17, 15) is 9.18 Å². The van der Waals surface area contributed by atoms with E-state index in [2.05, 4.69) is 4.98 Å². The van der Waals surface area contributed by atoms with Crippen LogP contribution in [0, 0.1) is 5.82 Å².